The molecule has 3 aromatic carbocycles. The Morgan fingerprint density at radius 2 is 1.50 bits per heavy atom. The van der Waals surface area contributed by atoms with Crippen molar-refractivity contribution in [1.29, 1.82) is 0 Å². The van der Waals surface area contributed by atoms with Gasteiger partial charge in [0.15, 0.2) is 0 Å². The summed E-state index contributed by atoms with van der Waals surface area (Å²) in [4.78, 5) is 27.9. The molecule has 5 heteroatoms. The van der Waals surface area contributed by atoms with Crippen molar-refractivity contribution >= 4 is 23.1 Å². The third kappa shape index (κ3) is 4.33. The maximum Gasteiger partial charge on any atom is 0.278 e. The number of amides is 2. The van der Waals surface area contributed by atoms with Crippen LogP contribution in [0.15, 0.2) is 72.4 Å². The Balaban J connectivity index is 1.66. The number of carbonyl (C=O) groups excluding carboxylic acids is 2. The fraction of sp³-hybridized carbons (Fsp3) is 0.185. The second kappa shape index (κ2) is 8.79. The molecular formula is C27H25FN2O2. The molecule has 1 heterocycles. The van der Waals surface area contributed by atoms with E-state index in [9.17, 15) is 14.0 Å². The quantitative estimate of drug-likeness (QED) is 0.550. The number of halogens is 1. The van der Waals surface area contributed by atoms with Crippen LogP contribution in [0, 0.1) is 26.6 Å². The molecule has 2 amide bonds. The van der Waals surface area contributed by atoms with E-state index in [2.05, 4.69) is 5.32 Å². The second-order valence-electron chi connectivity index (χ2n) is 8.18. The average molecular weight is 429 g/mol. The first-order valence-electron chi connectivity index (χ1n) is 10.6. The Labute approximate surface area is 187 Å². The van der Waals surface area contributed by atoms with Crippen LogP contribution in [0.3, 0.4) is 0 Å². The Morgan fingerprint density at radius 1 is 0.812 bits per heavy atom. The lowest BCUT2D eigenvalue weighted by Gasteiger charge is -2.15. The standard InChI is InChI=1S/C27H25FN2O2/c1-17-4-9-21(10-5-17)24-25(29-23-13-6-18(2)19(3)16-23)27(32)30(26(24)31)15-14-20-7-11-22(28)12-8-20/h4-13,16,29H,14-15H2,1-3H3. The van der Waals surface area contributed by atoms with Crippen LogP contribution >= 0.6 is 0 Å². The SMILES string of the molecule is Cc1ccc(C2=C(Nc3ccc(C)c(C)c3)C(=O)N(CCc3ccc(F)cc3)C2=O)cc1. The fourth-order valence-electron chi connectivity index (χ4n) is 3.74. The molecule has 0 saturated heterocycles. The van der Waals surface area contributed by atoms with E-state index in [1.54, 1.807) is 12.1 Å². The molecule has 4 rings (SSSR count). The van der Waals surface area contributed by atoms with E-state index >= 15 is 0 Å². The highest BCUT2D eigenvalue weighted by Gasteiger charge is 2.38. The lowest BCUT2D eigenvalue weighted by molar-refractivity contribution is -0.136. The van der Waals surface area contributed by atoms with Crippen LogP contribution in [-0.4, -0.2) is 23.3 Å². The molecule has 32 heavy (non-hydrogen) atoms. The zero-order valence-electron chi connectivity index (χ0n) is 18.4. The summed E-state index contributed by atoms with van der Waals surface area (Å²) in [6, 6.07) is 19.5. The molecule has 3 aromatic rings. The molecule has 1 N–H and O–H groups in total. The van der Waals surface area contributed by atoms with Gasteiger partial charge in [0.25, 0.3) is 11.8 Å². The van der Waals surface area contributed by atoms with Gasteiger partial charge < -0.3 is 5.32 Å². The number of nitrogens with one attached hydrogen (secondary N) is 1. The molecule has 0 bridgehead atoms. The minimum atomic E-state index is -0.356. The molecule has 0 spiro atoms. The first-order valence-corrected chi connectivity index (χ1v) is 10.6. The van der Waals surface area contributed by atoms with Crippen molar-refractivity contribution < 1.29 is 14.0 Å². The minimum Gasteiger partial charge on any atom is -0.350 e. The van der Waals surface area contributed by atoms with Gasteiger partial charge in [-0.05, 0) is 73.7 Å². The van der Waals surface area contributed by atoms with Crippen molar-refractivity contribution in [2.75, 3.05) is 11.9 Å². The lowest BCUT2D eigenvalue weighted by Crippen LogP contribution is -2.34. The number of rotatable bonds is 6. The molecule has 0 saturated carbocycles. The number of benzene rings is 3. The zero-order valence-corrected chi connectivity index (χ0v) is 18.4. The van der Waals surface area contributed by atoms with Gasteiger partial charge in [-0.3, -0.25) is 14.5 Å². The van der Waals surface area contributed by atoms with Gasteiger partial charge in [0.1, 0.15) is 11.5 Å². The summed E-state index contributed by atoms with van der Waals surface area (Å²) < 4.78 is 13.2. The van der Waals surface area contributed by atoms with Crippen molar-refractivity contribution in [3.05, 3.63) is 106 Å². The molecule has 0 unspecified atom stereocenters. The van der Waals surface area contributed by atoms with E-state index in [1.165, 1.54) is 17.0 Å². The molecule has 0 aliphatic carbocycles. The Bertz CT molecular complexity index is 1210. The fourth-order valence-corrected chi connectivity index (χ4v) is 3.74. The van der Waals surface area contributed by atoms with Crippen molar-refractivity contribution in [3.8, 4) is 0 Å². The van der Waals surface area contributed by atoms with Gasteiger partial charge in [-0.1, -0.05) is 48.0 Å². The van der Waals surface area contributed by atoms with Crippen molar-refractivity contribution in [2.45, 2.75) is 27.2 Å². The van der Waals surface area contributed by atoms with Gasteiger partial charge in [-0.25, -0.2) is 4.39 Å². The van der Waals surface area contributed by atoms with Crippen LogP contribution in [-0.2, 0) is 16.0 Å². The first kappa shape index (κ1) is 21.5. The number of aryl methyl sites for hydroxylation is 3. The maximum absolute atomic E-state index is 13.3. The highest BCUT2D eigenvalue weighted by molar-refractivity contribution is 6.36. The third-order valence-electron chi connectivity index (χ3n) is 5.82. The number of hydrogen-bond acceptors (Lipinski definition) is 3. The van der Waals surface area contributed by atoms with Crippen LogP contribution in [0.4, 0.5) is 10.1 Å². The van der Waals surface area contributed by atoms with Gasteiger partial charge in [0.2, 0.25) is 0 Å². The highest BCUT2D eigenvalue weighted by atomic mass is 19.1. The molecule has 0 fully saturated rings. The molecule has 4 nitrogen and oxygen atoms in total. The molecule has 1 aliphatic heterocycles. The maximum atomic E-state index is 13.3. The molecule has 0 aromatic heterocycles. The van der Waals surface area contributed by atoms with E-state index in [-0.39, 0.29) is 29.9 Å². The highest BCUT2D eigenvalue weighted by Crippen LogP contribution is 2.31. The number of hydrogen-bond donors (Lipinski definition) is 1. The Kier molecular flexibility index (Phi) is 5.91. The Morgan fingerprint density at radius 3 is 2.16 bits per heavy atom. The second-order valence-corrected chi connectivity index (χ2v) is 8.18. The molecule has 1 aliphatic rings. The van der Waals surface area contributed by atoms with Gasteiger partial charge in [0.05, 0.1) is 5.57 Å². The van der Waals surface area contributed by atoms with Gasteiger partial charge in [-0.15, -0.1) is 0 Å². The minimum absolute atomic E-state index is 0.219. The largest absolute Gasteiger partial charge is 0.350 e. The van der Waals surface area contributed by atoms with Crippen LogP contribution in [0.2, 0.25) is 0 Å². The molecule has 162 valence electrons. The van der Waals surface area contributed by atoms with E-state index in [4.69, 9.17) is 0 Å². The van der Waals surface area contributed by atoms with E-state index in [0.717, 1.165) is 27.9 Å². The predicted octanol–water partition coefficient (Wildman–Crippen LogP) is 5.19. The van der Waals surface area contributed by atoms with Crippen LogP contribution in [0.25, 0.3) is 5.57 Å². The van der Waals surface area contributed by atoms with Crippen LogP contribution in [0.1, 0.15) is 27.8 Å². The summed E-state index contributed by atoms with van der Waals surface area (Å²) in [5, 5.41) is 3.21. The van der Waals surface area contributed by atoms with E-state index in [1.807, 2.05) is 63.2 Å². The van der Waals surface area contributed by atoms with Gasteiger partial charge in [0, 0.05) is 12.2 Å². The first-order chi connectivity index (χ1) is 15.3. The summed E-state index contributed by atoms with van der Waals surface area (Å²) in [5.41, 5.74) is 6.28. The predicted molar refractivity (Wildman–Crippen MR) is 124 cm³/mol. The number of anilines is 1. The van der Waals surface area contributed by atoms with E-state index in [0.29, 0.717) is 17.6 Å². The van der Waals surface area contributed by atoms with Crippen molar-refractivity contribution in [1.82, 2.24) is 4.90 Å². The number of imide groups is 1. The number of carbonyl (C=O) groups is 2. The lowest BCUT2D eigenvalue weighted by atomic mass is 10.0. The smallest absolute Gasteiger partial charge is 0.278 e. The summed E-state index contributed by atoms with van der Waals surface area (Å²) in [6.07, 6.45) is 0.454. The summed E-state index contributed by atoms with van der Waals surface area (Å²) in [7, 11) is 0. The molecular weight excluding hydrogens is 403 g/mol. The summed E-state index contributed by atoms with van der Waals surface area (Å²) in [6.45, 7) is 6.23. The van der Waals surface area contributed by atoms with Gasteiger partial charge >= 0.3 is 0 Å². The summed E-state index contributed by atoms with van der Waals surface area (Å²) in [5.74, 6) is -0.997. The normalized spacial score (nSPS) is 13.8. The summed E-state index contributed by atoms with van der Waals surface area (Å²) >= 11 is 0. The van der Waals surface area contributed by atoms with Crippen molar-refractivity contribution in [3.63, 3.8) is 0 Å². The topological polar surface area (TPSA) is 49.4 Å². The van der Waals surface area contributed by atoms with Crippen molar-refractivity contribution in [2.24, 2.45) is 0 Å². The third-order valence-corrected chi connectivity index (χ3v) is 5.82. The monoisotopic (exact) mass is 428 g/mol. The molecule has 0 atom stereocenters. The Hall–Kier alpha value is -3.73. The zero-order chi connectivity index (χ0) is 22.8. The van der Waals surface area contributed by atoms with Crippen LogP contribution < -0.4 is 5.32 Å². The molecule has 0 radical (unpaired) electrons. The average Bonchev–Trinajstić information content (AvgIpc) is 3.00. The number of nitrogens with zero attached hydrogens (tertiary/aromatic N) is 1. The van der Waals surface area contributed by atoms with E-state index < -0.39 is 0 Å². The van der Waals surface area contributed by atoms with Gasteiger partial charge in [-0.2, -0.15) is 0 Å². The van der Waals surface area contributed by atoms with Crippen LogP contribution in [0.5, 0.6) is 0 Å².